The zero-order valence-corrected chi connectivity index (χ0v) is 12.2. The first-order valence-corrected chi connectivity index (χ1v) is 5.03. The normalized spacial score (nSPS) is 8.88. The third kappa shape index (κ3) is 9.65. The van der Waals surface area contributed by atoms with Gasteiger partial charge in [-0.1, -0.05) is 30.3 Å². The highest BCUT2D eigenvalue weighted by Crippen LogP contribution is 2.02. The number of nitrogens with two attached hydrogens (primary N) is 2. The maximum atomic E-state index is 5.53. The van der Waals surface area contributed by atoms with Gasteiger partial charge in [0, 0.05) is 32.7 Å². The molecule has 0 saturated heterocycles. The zero-order chi connectivity index (χ0) is 10.2. The highest BCUT2D eigenvalue weighted by Gasteiger charge is 2.02. The Morgan fingerprint density at radius 2 is 1.29 bits per heavy atom. The lowest BCUT2D eigenvalue weighted by molar-refractivity contribution is 0.281. The number of hydrogen-bond acceptors (Lipinski definition) is 3. The molecule has 102 valence electrons. The molecular formula is C11H22Cl3N3. The van der Waals surface area contributed by atoms with Gasteiger partial charge in [0.05, 0.1) is 0 Å². The van der Waals surface area contributed by atoms with E-state index in [1.807, 2.05) is 6.07 Å². The molecule has 0 bridgehead atoms. The first-order chi connectivity index (χ1) is 6.86. The summed E-state index contributed by atoms with van der Waals surface area (Å²) in [5, 5.41) is 0. The molecule has 0 fully saturated rings. The van der Waals surface area contributed by atoms with Crippen molar-refractivity contribution in [2.75, 3.05) is 26.2 Å². The first-order valence-electron chi connectivity index (χ1n) is 5.03. The van der Waals surface area contributed by atoms with Gasteiger partial charge >= 0.3 is 0 Å². The molecule has 6 heteroatoms. The van der Waals surface area contributed by atoms with Crippen molar-refractivity contribution < 1.29 is 0 Å². The van der Waals surface area contributed by atoms with Crippen LogP contribution in [-0.4, -0.2) is 31.1 Å². The average Bonchev–Trinajstić information content (AvgIpc) is 2.20. The molecule has 0 amide bonds. The van der Waals surface area contributed by atoms with Crippen molar-refractivity contribution in [3.05, 3.63) is 35.9 Å². The topological polar surface area (TPSA) is 55.3 Å². The van der Waals surface area contributed by atoms with Gasteiger partial charge in [0.15, 0.2) is 0 Å². The number of nitrogens with zero attached hydrogens (tertiary/aromatic N) is 1. The zero-order valence-electron chi connectivity index (χ0n) is 9.75. The van der Waals surface area contributed by atoms with Crippen LogP contribution in [0.5, 0.6) is 0 Å². The van der Waals surface area contributed by atoms with Gasteiger partial charge in [0.2, 0.25) is 0 Å². The van der Waals surface area contributed by atoms with Crippen molar-refractivity contribution in [2.24, 2.45) is 11.5 Å². The van der Waals surface area contributed by atoms with Crippen molar-refractivity contribution in [2.45, 2.75) is 6.54 Å². The third-order valence-electron chi connectivity index (χ3n) is 2.14. The van der Waals surface area contributed by atoms with Crippen LogP contribution in [0.15, 0.2) is 30.3 Å². The van der Waals surface area contributed by atoms with Gasteiger partial charge in [-0.15, -0.1) is 37.2 Å². The van der Waals surface area contributed by atoms with E-state index in [1.54, 1.807) is 0 Å². The number of rotatable bonds is 6. The van der Waals surface area contributed by atoms with Crippen LogP contribution in [0, 0.1) is 0 Å². The van der Waals surface area contributed by atoms with Gasteiger partial charge < -0.3 is 11.5 Å². The minimum Gasteiger partial charge on any atom is -0.329 e. The van der Waals surface area contributed by atoms with Crippen LogP contribution in [0.3, 0.4) is 0 Å². The Morgan fingerprint density at radius 1 is 0.824 bits per heavy atom. The molecule has 0 aliphatic carbocycles. The number of hydrogen-bond donors (Lipinski definition) is 2. The Labute approximate surface area is 122 Å². The second-order valence-corrected chi connectivity index (χ2v) is 3.34. The summed E-state index contributed by atoms with van der Waals surface area (Å²) >= 11 is 0. The lowest BCUT2D eigenvalue weighted by atomic mass is 10.2. The Morgan fingerprint density at radius 3 is 1.71 bits per heavy atom. The van der Waals surface area contributed by atoms with Crippen LogP contribution in [0.1, 0.15) is 5.56 Å². The van der Waals surface area contributed by atoms with Crippen LogP contribution in [0.25, 0.3) is 0 Å². The summed E-state index contributed by atoms with van der Waals surface area (Å²) < 4.78 is 0. The van der Waals surface area contributed by atoms with E-state index < -0.39 is 0 Å². The Kier molecular flexibility index (Phi) is 18.3. The van der Waals surface area contributed by atoms with Crippen molar-refractivity contribution in [3.63, 3.8) is 0 Å². The number of halogens is 3. The molecule has 0 atom stereocenters. The Bertz CT molecular complexity index is 241. The van der Waals surface area contributed by atoms with E-state index >= 15 is 0 Å². The summed E-state index contributed by atoms with van der Waals surface area (Å²) in [6.45, 7) is 4.13. The molecule has 0 aromatic heterocycles. The smallest absolute Gasteiger partial charge is 0.0234 e. The van der Waals surface area contributed by atoms with Crippen LogP contribution in [0.2, 0.25) is 0 Å². The summed E-state index contributed by atoms with van der Waals surface area (Å²) in [5.41, 5.74) is 12.4. The van der Waals surface area contributed by atoms with E-state index in [9.17, 15) is 0 Å². The van der Waals surface area contributed by atoms with E-state index in [-0.39, 0.29) is 37.2 Å². The predicted octanol–water partition coefficient (Wildman–Crippen LogP) is 1.67. The summed E-state index contributed by atoms with van der Waals surface area (Å²) in [6, 6.07) is 10.4. The van der Waals surface area contributed by atoms with Gasteiger partial charge in [0.25, 0.3) is 0 Å². The highest BCUT2D eigenvalue weighted by molar-refractivity contribution is 5.86. The lowest BCUT2D eigenvalue weighted by Gasteiger charge is -2.20. The van der Waals surface area contributed by atoms with Gasteiger partial charge in [-0.05, 0) is 5.56 Å². The minimum atomic E-state index is 0. The molecule has 4 N–H and O–H groups in total. The fourth-order valence-electron chi connectivity index (χ4n) is 1.48. The Hall–Kier alpha value is -0.0300. The average molecular weight is 303 g/mol. The van der Waals surface area contributed by atoms with Crippen molar-refractivity contribution in [3.8, 4) is 0 Å². The molecule has 1 rings (SSSR count). The fourth-order valence-corrected chi connectivity index (χ4v) is 1.48. The largest absolute Gasteiger partial charge is 0.329 e. The van der Waals surface area contributed by atoms with E-state index in [1.165, 1.54) is 5.56 Å². The molecule has 3 nitrogen and oxygen atoms in total. The molecule has 1 aromatic rings. The van der Waals surface area contributed by atoms with Gasteiger partial charge in [-0.2, -0.15) is 0 Å². The predicted molar refractivity (Wildman–Crippen MR) is 81.6 cm³/mol. The van der Waals surface area contributed by atoms with E-state index in [0.29, 0.717) is 13.1 Å². The summed E-state index contributed by atoms with van der Waals surface area (Å²) in [7, 11) is 0. The second kappa shape index (κ2) is 14.0. The molecule has 0 spiro atoms. The molecule has 0 aliphatic rings. The van der Waals surface area contributed by atoms with Crippen LogP contribution < -0.4 is 11.5 Å². The van der Waals surface area contributed by atoms with Crippen LogP contribution in [-0.2, 0) is 6.54 Å². The standard InChI is InChI=1S/C11H19N3.3ClH/c12-6-8-14(9-7-13)10-11-4-2-1-3-5-11;;;/h1-5H,6-10,12-13H2;3*1H. The molecule has 17 heavy (non-hydrogen) atoms. The SMILES string of the molecule is Cl.Cl.Cl.NCCN(CCN)Cc1ccccc1. The molecule has 0 saturated carbocycles. The second-order valence-electron chi connectivity index (χ2n) is 3.34. The molecule has 0 radical (unpaired) electrons. The lowest BCUT2D eigenvalue weighted by Crippen LogP contribution is -2.33. The van der Waals surface area contributed by atoms with E-state index in [2.05, 4.69) is 29.2 Å². The molecule has 0 heterocycles. The minimum absolute atomic E-state index is 0. The van der Waals surface area contributed by atoms with Gasteiger partial charge in [0.1, 0.15) is 0 Å². The van der Waals surface area contributed by atoms with Crippen molar-refractivity contribution in [1.82, 2.24) is 4.90 Å². The first kappa shape index (κ1) is 22.2. The third-order valence-corrected chi connectivity index (χ3v) is 2.14. The van der Waals surface area contributed by atoms with Gasteiger partial charge in [-0.3, -0.25) is 4.90 Å². The van der Waals surface area contributed by atoms with E-state index in [4.69, 9.17) is 11.5 Å². The molecule has 0 unspecified atom stereocenters. The maximum absolute atomic E-state index is 5.53. The van der Waals surface area contributed by atoms with Gasteiger partial charge in [-0.25, -0.2) is 0 Å². The molecule has 1 aromatic carbocycles. The summed E-state index contributed by atoms with van der Waals surface area (Å²) in [5.74, 6) is 0. The van der Waals surface area contributed by atoms with E-state index in [0.717, 1.165) is 19.6 Å². The molecule has 0 aliphatic heterocycles. The maximum Gasteiger partial charge on any atom is 0.0234 e. The summed E-state index contributed by atoms with van der Waals surface area (Å²) in [6.07, 6.45) is 0. The highest BCUT2D eigenvalue weighted by atomic mass is 35.5. The number of benzene rings is 1. The van der Waals surface area contributed by atoms with Crippen LogP contribution in [0.4, 0.5) is 0 Å². The fraction of sp³-hybridized carbons (Fsp3) is 0.455. The quantitative estimate of drug-likeness (QED) is 0.840. The molecular weight excluding hydrogens is 281 g/mol. The summed E-state index contributed by atoms with van der Waals surface area (Å²) in [4.78, 5) is 2.27. The van der Waals surface area contributed by atoms with Crippen molar-refractivity contribution in [1.29, 1.82) is 0 Å². The monoisotopic (exact) mass is 301 g/mol. The van der Waals surface area contributed by atoms with Crippen molar-refractivity contribution >= 4 is 37.2 Å². The van der Waals surface area contributed by atoms with Crippen LogP contribution >= 0.6 is 37.2 Å². The Balaban J connectivity index is -0.000000653.